The molecule has 2 saturated heterocycles. The second kappa shape index (κ2) is 13.2. The van der Waals surface area contributed by atoms with Crippen molar-refractivity contribution in [3.63, 3.8) is 0 Å². The Hall–Kier alpha value is -4.83. The molecular weight excluding hydrogens is 760 g/mol. The SMILES string of the molecule is CC(C)(C)OC(=O)Nc1sc2c(F)ccc(-c3c(C(F)(F)F)cc4c(N5CC6CCC(C5)N6C(=O)OC(C)(C)C)nc(S(C)(=O)=O)nc4c3F)c2c1C#N. The third-order valence-electron chi connectivity index (χ3n) is 8.70. The van der Waals surface area contributed by atoms with Crippen molar-refractivity contribution < 1.29 is 49.4 Å². The van der Waals surface area contributed by atoms with Crippen LogP contribution in [0, 0.1) is 23.0 Å². The van der Waals surface area contributed by atoms with Gasteiger partial charge in [-0.3, -0.25) is 10.2 Å². The summed E-state index contributed by atoms with van der Waals surface area (Å²) in [4.78, 5) is 36.8. The zero-order valence-corrected chi connectivity index (χ0v) is 31.7. The number of ether oxygens (including phenoxy) is 2. The number of fused-ring (bicyclic) bond motifs is 4. The molecule has 2 aromatic heterocycles. The molecule has 19 heteroatoms. The van der Waals surface area contributed by atoms with E-state index in [1.165, 1.54) is 4.90 Å². The fraction of sp³-hybridized carbons (Fsp3) is 0.457. The van der Waals surface area contributed by atoms with E-state index in [0.29, 0.717) is 30.2 Å². The number of alkyl halides is 3. The van der Waals surface area contributed by atoms with Crippen LogP contribution in [-0.4, -0.2) is 78.1 Å². The molecule has 2 aliphatic heterocycles. The van der Waals surface area contributed by atoms with E-state index in [-0.39, 0.29) is 28.6 Å². The van der Waals surface area contributed by atoms with Gasteiger partial charge in [0.15, 0.2) is 5.82 Å². The molecule has 2 aliphatic rings. The fourth-order valence-corrected chi connectivity index (χ4v) is 8.32. The van der Waals surface area contributed by atoms with Crippen LogP contribution in [0.4, 0.5) is 42.4 Å². The molecule has 2 bridgehead atoms. The predicted molar refractivity (Wildman–Crippen MR) is 190 cm³/mol. The van der Waals surface area contributed by atoms with E-state index in [1.54, 1.807) is 52.5 Å². The number of nitrogens with zero attached hydrogens (tertiary/aromatic N) is 5. The second-order valence-electron chi connectivity index (χ2n) is 15.1. The Morgan fingerprint density at radius 2 is 1.61 bits per heavy atom. The number of aromatic nitrogens is 2. The number of sulfone groups is 1. The summed E-state index contributed by atoms with van der Waals surface area (Å²) in [6.45, 7) is 9.87. The van der Waals surface area contributed by atoms with Gasteiger partial charge in [-0.2, -0.15) is 18.4 Å². The molecule has 288 valence electrons. The molecule has 4 heterocycles. The Kier molecular flexibility index (Phi) is 9.49. The summed E-state index contributed by atoms with van der Waals surface area (Å²) >= 11 is 0.538. The van der Waals surface area contributed by atoms with Gasteiger partial charge in [0, 0.05) is 35.7 Å². The van der Waals surface area contributed by atoms with Gasteiger partial charge in [-0.05, 0) is 72.1 Å². The number of thiophene rings is 1. The zero-order valence-electron chi connectivity index (χ0n) is 30.1. The van der Waals surface area contributed by atoms with Crippen LogP contribution in [0.25, 0.3) is 32.1 Å². The molecule has 0 saturated carbocycles. The molecular formula is C35H35F5N6O6S2. The van der Waals surface area contributed by atoms with Gasteiger partial charge >= 0.3 is 18.4 Å². The van der Waals surface area contributed by atoms with Gasteiger partial charge in [0.05, 0.1) is 27.9 Å². The fourth-order valence-electron chi connectivity index (χ4n) is 6.74. The highest BCUT2D eigenvalue weighted by atomic mass is 32.2. The van der Waals surface area contributed by atoms with Crippen LogP contribution in [0.1, 0.15) is 65.5 Å². The summed E-state index contributed by atoms with van der Waals surface area (Å²) in [5, 5.41) is 10.5. The van der Waals surface area contributed by atoms with Crippen molar-refractivity contribution in [2.45, 2.75) is 89.0 Å². The molecule has 2 atom stereocenters. The van der Waals surface area contributed by atoms with Crippen molar-refractivity contribution in [1.29, 1.82) is 5.26 Å². The van der Waals surface area contributed by atoms with E-state index in [0.717, 1.165) is 18.4 Å². The number of carbonyl (C=O) groups excluding carboxylic acids is 2. The van der Waals surface area contributed by atoms with Gasteiger partial charge in [-0.25, -0.2) is 36.8 Å². The van der Waals surface area contributed by atoms with Crippen LogP contribution in [0.5, 0.6) is 0 Å². The Balaban J connectivity index is 1.57. The molecule has 0 spiro atoms. The Labute approximate surface area is 310 Å². The lowest BCUT2D eigenvalue weighted by molar-refractivity contribution is -0.137. The van der Waals surface area contributed by atoms with E-state index >= 15 is 22.0 Å². The van der Waals surface area contributed by atoms with Crippen molar-refractivity contribution in [2.24, 2.45) is 0 Å². The van der Waals surface area contributed by atoms with Crippen molar-refractivity contribution in [3.05, 3.63) is 41.0 Å². The lowest BCUT2D eigenvalue weighted by Gasteiger charge is -2.42. The number of rotatable bonds is 4. The third-order valence-corrected chi connectivity index (χ3v) is 10.7. The van der Waals surface area contributed by atoms with E-state index < -0.39 is 107 Å². The van der Waals surface area contributed by atoms with Gasteiger partial charge in [0.1, 0.15) is 39.4 Å². The first-order valence-corrected chi connectivity index (χ1v) is 19.3. The third kappa shape index (κ3) is 7.32. The summed E-state index contributed by atoms with van der Waals surface area (Å²) in [7, 11) is -4.28. The standard InChI is InChI=1S/C35H35F5N6O6S2/c1-33(2,3)51-31(47)44-29-20(13-41)23-18(10-11-22(36)27(23)53-29)24-21(35(38,39)40)12-19-26(25(24)37)42-30(54(7,49)50)43-28(19)45-14-16-8-9-17(15-45)46(16)32(48)52-34(4,5)6/h10-12,16-17H,8-9,14-15H2,1-7H3,(H,44,47). The van der Waals surface area contributed by atoms with Gasteiger partial charge < -0.3 is 14.4 Å². The number of piperazine rings is 1. The summed E-state index contributed by atoms with van der Waals surface area (Å²) < 4.78 is 114. The van der Waals surface area contributed by atoms with E-state index in [4.69, 9.17) is 9.47 Å². The maximum Gasteiger partial charge on any atom is 0.417 e. The minimum atomic E-state index is -5.26. The summed E-state index contributed by atoms with van der Waals surface area (Å²) in [5.74, 6) is -2.86. The Bertz CT molecular complexity index is 2370. The molecule has 0 radical (unpaired) electrons. The molecule has 6 rings (SSSR count). The first-order valence-electron chi connectivity index (χ1n) is 16.6. The molecule has 4 aromatic rings. The molecule has 0 aliphatic carbocycles. The van der Waals surface area contributed by atoms with E-state index in [2.05, 4.69) is 15.3 Å². The van der Waals surface area contributed by atoms with Crippen LogP contribution < -0.4 is 10.2 Å². The maximum atomic E-state index is 17.1. The van der Waals surface area contributed by atoms with E-state index in [9.17, 15) is 23.3 Å². The predicted octanol–water partition coefficient (Wildman–Crippen LogP) is 8.02. The number of nitriles is 1. The normalized spacial score (nSPS) is 17.9. The number of nitrogens with one attached hydrogen (secondary N) is 1. The van der Waals surface area contributed by atoms with Crippen LogP contribution in [-0.2, 0) is 25.5 Å². The number of benzene rings is 2. The lowest BCUT2D eigenvalue weighted by atomic mass is 9.92. The van der Waals surface area contributed by atoms with Crippen LogP contribution in [0.2, 0.25) is 0 Å². The number of amides is 2. The Morgan fingerprint density at radius 3 is 2.15 bits per heavy atom. The van der Waals surface area contributed by atoms with Crippen molar-refractivity contribution >= 4 is 65.2 Å². The van der Waals surface area contributed by atoms with Crippen LogP contribution in [0.15, 0.2) is 23.4 Å². The monoisotopic (exact) mass is 794 g/mol. The lowest BCUT2D eigenvalue weighted by Crippen LogP contribution is -2.57. The minimum absolute atomic E-state index is 0.0161. The first kappa shape index (κ1) is 38.9. The maximum absolute atomic E-state index is 17.1. The number of carbonyl (C=O) groups is 2. The van der Waals surface area contributed by atoms with Crippen molar-refractivity contribution in [3.8, 4) is 17.2 Å². The number of hydrogen-bond donors (Lipinski definition) is 1. The van der Waals surface area contributed by atoms with Crippen LogP contribution >= 0.6 is 11.3 Å². The number of anilines is 2. The van der Waals surface area contributed by atoms with Crippen molar-refractivity contribution in [1.82, 2.24) is 14.9 Å². The first-order chi connectivity index (χ1) is 24.9. The molecule has 2 unspecified atom stereocenters. The van der Waals surface area contributed by atoms with Crippen LogP contribution in [0.3, 0.4) is 0 Å². The minimum Gasteiger partial charge on any atom is -0.444 e. The van der Waals surface area contributed by atoms with E-state index in [1.807, 2.05) is 0 Å². The molecule has 1 N–H and O–H groups in total. The molecule has 12 nitrogen and oxygen atoms in total. The van der Waals surface area contributed by atoms with Gasteiger partial charge in [-0.1, -0.05) is 6.07 Å². The van der Waals surface area contributed by atoms with Gasteiger partial charge in [0.2, 0.25) is 15.0 Å². The van der Waals surface area contributed by atoms with Gasteiger partial charge in [-0.15, -0.1) is 11.3 Å². The molecule has 54 heavy (non-hydrogen) atoms. The second-order valence-corrected chi connectivity index (χ2v) is 18.1. The Morgan fingerprint density at radius 1 is 1.00 bits per heavy atom. The highest BCUT2D eigenvalue weighted by Crippen LogP contribution is 2.49. The number of hydrogen-bond acceptors (Lipinski definition) is 11. The smallest absolute Gasteiger partial charge is 0.417 e. The summed E-state index contributed by atoms with van der Waals surface area (Å²) in [6, 6.07) is 3.09. The topological polar surface area (TPSA) is 155 Å². The highest BCUT2D eigenvalue weighted by molar-refractivity contribution is 7.90. The average molecular weight is 795 g/mol. The van der Waals surface area contributed by atoms with Gasteiger partial charge in [0.25, 0.3) is 0 Å². The summed E-state index contributed by atoms with van der Waals surface area (Å²) in [6.07, 6.45) is -5.07. The van der Waals surface area contributed by atoms with Crippen molar-refractivity contribution in [2.75, 3.05) is 29.6 Å². The quantitative estimate of drug-likeness (QED) is 0.159. The number of halogens is 5. The largest absolute Gasteiger partial charge is 0.444 e. The highest BCUT2D eigenvalue weighted by Gasteiger charge is 2.46. The molecule has 2 aromatic carbocycles. The zero-order chi connectivity index (χ0) is 39.9. The summed E-state index contributed by atoms with van der Waals surface area (Å²) in [5.41, 5.74) is -6.23. The molecule has 2 amide bonds. The molecule has 2 fully saturated rings. The average Bonchev–Trinajstić information content (AvgIpc) is 3.52.